The van der Waals surface area contributed by atoms with Crippen LogP contribution in [-0.4, -0.2) is 51.2 Å². The number of aryl methyl sites for hydroxylation is 1. The Bertz CT molecular complexity index is 715. The fraction of sp³-hybridized carbons (Fsp3) is 0.684. The lowest BCUT2D eigenvalue weighted by atomic mass is 9.96. The van der Waals surface area contributed by atoms with Gasteiger partial charge in [0.15, 0.2) is 5.16 Å². The van der Waals surface area contributed by atoms with E-state index >= 15 is 0 Å². The van der Waals surface area contributed by atoms with Crippen molar-refractivity contribution >= 4 is 23.1 Å². The van der Waals surface area contributed by atoms with Crippen LogP contribution in [0, 0.1) is 6.92 Å². The highest BCUT2D eigenvalue weighted by atomic mass is 32.2. The number of nitrogens with zero attached hydrogens (tertiary/aromatic N) is 4. The quantitative estimate of drug-likeness (QED) is 0.699. The van der Waals surface area contributed by atoms with Crippen LogP contribution in [-0.2, 0) is 18.3 Å². The number of thioether (sulfide) groups is 1. The average molecular weight is 393 g/mol. The van der Waals surface area contributed by atoms with Gasteiger partial charge >= 0.3 is 0 Å². The number of ether oxygens (including phenoxy) is 1. The smallest absolute Gasteiger partial charge is 0.191 e. The zero-order valence-electron chi connectivity index (χ0n) is 15.7. The molecule has 0 bridgehead atoms. The van der Waals surface area contributed by atoms with Crippen LogP contribution in [0.4, 0.5) is 0 Å². The summed E-state index contributed by atoms with van der Waals surface area (Å²) >= 11 is 3.67. The van der Waals surface area contributed by atoms with Crippen molar-refractivity contribution in [3.05, 3.63) is 27.7 Å². The topological polar surface area (TPSA) is 43.2 Å². The van der Waals surface area contributed by atoms with Crippen LogP contribution in [0.3, 0.4) is 0 Å². The van der Waals surface area contributed by atoms with Crippen molar-refractivity contribution in [3.8, 4) is 0 Å². The maximum absolute atomic E-state index is 5.72. The highest BCUT2D eigenvalue weighted by Crippen LogP contribution is 2.31. The molecule has 2 saturated heterocycles. The summed E-state index contributed by atoms with van der Waals surface area (Å²) in [6.45, 7) is 6.52. The van der Waals surface area contributed by atoms with Crippen LogP contribution in [0.5, 0.6) is 0 Å². The molecule has 0 saturated carbocycles. The summed E-state index contributed by atoms with van der Waals surface area (Å²) in [7, 11) is 2.12. The first-order chi connectivity index (χ1) is 12.7. The molecule has 0 amide bonds. The van der Waals surface area contributed by atoms with Crippen molar-refractivity contribution in [2.24, 2.45) is 7.05 Å². The highest BCUT2D eigenvalue weighted by molar-refractivity contribution is 7.99. The summed E-state index contributed by atoms with van der Waals surface area (Å²) in [6, 6.07) is 2.22. The zero-order chi connectivity index (χ0) is 17.9. The molecule has 5 nitrogen and oxygen atoms in total. The van der Waals surface area contributed by atoms with Crippen LogP contribution in [0.1, 0.15) is 47.9 Å². The molecule has 0 spiro atoms. The molecule has 2 fully saturated rings. The number of likely N-dealkylation sites (tertiary alicyclic amines) is 1. The lowest BCUT2D eigenvalue weighted by Gasteiger charge is -2.31. The largest absolute Gasteiger partial charge is 0.377 e. The lowest BCUT2D eigenvalue weighted by molar-refractivity contribution is 0.129. The van der Waals surface area contributed by atoms with Gasteiger partial charge in [0.25, 0.3) is 0 Å². The van der Waals surface area contributed by atoms with E-state index in [0.717, 1.165) is 43.0 Å². The lowest BCUT2D eigenvalue weighted by Crippen LogP contribution is -2.33. The molecule has 26 heavy (non-hydrogen) atoms. The SMILES string of the molecule is Cc1ccsc1CN1CCC(c2nnc(SC[C@@H]3CCCO3)n2C)CC1. The molecule has 0 aliphatic carbocycles. The Balaban J connectivity index is 1.30. The normalized spacial score (nSPS) is 22.3. The Labute approximate surface area is 164 Å². The zero-order valence-corrected chi connectivity index (χ0v) is 17.3. The molecule has 0 N–H and O–H groups in total. The van der Waals surface area contributed by atoms with E-state index < -0.39 is 0 Å². The molecular formula is C19H28N4OS2. The third-order valence-corrected chi connectivity index (χ3v) is 7.74. The Morgan fingerprint density at radius 1 is 1.27 bits per heavy atom. The van der Waals surface area contributed by atoms with E-state index in [4.69, 9.17) is 4.74 Å². The Kier molecular flexibility index (Phi) is 5.98. The van der Waals surface area contributed by atoms with Gasteiger partial charge in [-0.05, 0) is 62.7 Å². The van der Waals surface area contributed by atoms with Crippen LogP contribution in [0.25, 0.3) is 0 Å². The second-order valence-electron chi connectivity index (χ2n) is 7.42. The van der Waals surface area contributed by atoms with Gasteiger partial charge in [-0.15, -0.1) is 21.5 Å². The Morgan fingerprint density at radius 2 is 2.12 bits per heavy atom. The van der Waals surface area contributed by atoms with Crippen molar-refractivity contribution < 1.29 is 4.74 Å². The van der Waals surface area contributed by atoms with Crippen molar-refractivity contribution in [1.82, 2.24) is 19.7 Å². The van der Waals surface area contributed by atoms with Gasteiger partial charge in [0.05, 0.1) is 6.10 Å². The number of aromatic nitrogens is 3. The van der Waals surface area contributed by atoms with E-state index in [-0.39, 0.29) is 0 Å². The molecule has 2 aromatic heterocycles. The van der Waals surface area contributed by atoms with Crippen LogP contribution < -0.4 is 0 Å². The fourth-order valence-corrected chi connectivity index (χ4v) is 5.80. The third-order valence-electron chi connectivity index (χ3n) is 5.58. The monoisotopic (exact) mass is 392 g/mol. The van der Waals surface area contributed by atoms with Gasteiger partial charge in [-0.1, -0.05) is 11.8 Å². The van der Waals surface area contributed by atoms with E-state index in [1.54, 1.807) is 11.8 Å². The minimum Gasteiger partial charge on any atom is -0.377 e. The highest BCUT2D eigenvalue weighted by Gasteiger charge is 2.26. The summed E-state index contributed by atoms with van der Waals surface area (Å²) in [4.78, 5) is 4.09. The molecule has 0 radical (unpaired) electrons. The van der Waals surface area contributed by atoms with Crippen molar-refractivity contribution in [3.63, 3.8) is 0 Å². The van der Waals surface area contributed by atoms with Crippen LogP contribution in [0.15, 0.2) is 16.6 Å². The molecule has 2 aliphatic rings. The van der Waals surface area contributed by atoms with E-state index in [2.05, 4.69) is 45.1 Å². The van der Waals surface area contributed by atoms with Crippen LogP contribution in [0.2, 0.25) is 0 Å². The Hall–Kier alpha value is -0.890. The van der Waals surface area contributed by atoms with E-state index in [1.807, 2.05) is 11.3 Å². The van der Waals surface area contributed by atoms with Gasteiger partial charge in [0.2, 0.25) is 0 Å². The molecule has 142 valence electrons. The molecule has 2 aromatic rings. The van der Waals surface area contributed by atoms with Crippen molar-refractivity contribution in [2.75, 3.05) is 25.4 Å². The van der Waals surface area contributed by atoms with E-state index in [0.29, 0.717) is 12.0 Å². The average Bonchev–Trinajstić information content (AvgIpc) is 3.38. The summed E-state index contributed by atoms with van der Waals surface area (Å²) in [5, 5.41) is 12.2. The van der Waals surface area contributed by atoms with Gasteiger partial charge in [-0.3, -0.25) is 4.90 Å². The Morgan fingerprint density at radius 3 is 2.81 bits per heavy atom. The number of thiophene rings is 1. The maximum atomic E-state index is 5.72. The second-order valence-corrected chi connectivity index (χ2v) is 9.41. The number of hydrogen-bond donors (Lipinski definition) is 0. The van der Waals surface area contributed by atoms with Crippen LogP contribution >= 0.6 is 23.1 Å². The van der Waals surface area contributed by atoms with Crippen molar-refractivity contribution in [2.45, 2.75) is 56.3 Å². The van der Waals surface area contributed by atoms with Gasteiger partial charge < -0.3 is 9.30 Å². The van der Waals surface area contributed by atoms with Crippen molar-refractivity contribution in [1.29, 1.82) is 0 Å². The maximum Gasteiger partial charge on any atom is 0.191 e. The van der Waals surface area contributed by atoms with E-state index in [1.165, 1.54) is 36.1 Å². The first kappa shape index (κ1) is 18.5. The predicted octanol–water partition coefficient (Wildman–Crippen LogP) is 3.84. The molecule has 2 aliphatic heterocycles. The first-order valence-electron chi connectivity index (χ1n) is 9.59. The van der Waals surface area contributed by atoms with Gasteiger partial charge in [-0.2, -0.15) is 0 Å². The summed E-state index contributed by atoms with van der Waals surface area (Å²) < 4.78 is 7.93. The summed E-state index contributed by atoms with van der Waals surface area (Å²) in [5.41, 5.74) is 1.43. The number of hydrogen-bond acceptors (Lipinski definition) is 6. The van der Waals surface area contributed by atoms with Gasteiger partial charge in [-0.25, -0.2) is 0 Å². The molecule has 0 aromatic carbocycles. The minimum atomic E-state index is 0.393. The molecule has 4 rings (SSSR count). The summed E-state index contributed by atoms with van der Waals surface area (Å²) in [5.74, 6) is 2.68. The standard InChI is InChI=1S/C19H28N4OS2/c1-14-7-11-25-17(14)12-23-8-5-15(6-9-23)18-20-21-19(22(18)2)26-13-16-4-3-10-24-16/h7,11,15-16H,3-6,8-10,12-13H2,1-2H3/t16-/m0/s1. The van der Waals surface area contributed by atoms with Gasteiger partial charge in [0.1, 0.15) is 5.82 Å². The molecule has 0 unspecified atom stereocenters. The first-order valence-corrected chi connectivity index (χ1v) is 11.5. The van der Waals surface area contributed by atoms with E-state index in [9.17, 15) is 0 Å². The predicted molar refractivity (Wildman–Crippen MR) is 107 cm³/mol. The summed E-state index contributed by atoms with van der Waals surface area (Å²) in [6.07, 6.45) is 5.11. The molecular weight excluding hydrogens is 364 g/mol. The number of piperidine rings is 1. The molecule has 1 atom stereocenters. The van der Waals surface area contributed by atoms with Gasteiger partial charge in [0, 0.05) is 36.7 Å². The number of rotatable bonds is 6. The second kappa shape index (κ2) is 8.42. The molecule has 4 heterocycles. The molecule has 7 heteroatoms. The third kappa shape index (κ3) is 4.16. The fourth-order valence-electron chi connectivity index (χ4n) is 3.87. The minimum absolute atomic E-state index is 0.393.